The summed E-state index contributed by atoms with van der Waals surface area (Å²) >= 11 is 1.49. The van der Waals surface area contributed by atoms with Crippen LogP contribution in [0, 0.1) is 6.92 Å². The van der Waals surface area contributed by atoms with E-state index in [9.17, 15) is 9.90 Å². The Kier molecular flexibility index (Phi) is 5.12. The first-order valence-corrected chi connectivity index (χ1v) is 12.3. The van der Waals surface area contributed by atoms with E-state index in [4.69, 9.17) is 9.72 Å². The van der Waals surface area contributed by atoms with Crippen LogP contribution in [0.2, 0.25) is 0 Å². The van der Waals surface area contributed by atoms with E-state index in [1.54, 1.807) is 19.4 Å². The number of carbonyl (C=O) groups is 1. The van der Waals surface area contributed by atoms with Crippen molar-refractivity contribution in [2.75, 3.05) is 7.11 Å². The molecule has 1 N–H and O–H groups in total. The smallest absolute Gasteiger partial charge is 0.232 e. The maximum absolute atomic E-state index is 11.8. The zero-order valence-corrected chi connectivity index (χ0v) is 20.2. The van der Waals surface area contributed by atoms with Crippen LogP contribution in [0.1, 0.15) is 46.0 Å². The number of aromatic nitrogens is 3. The van der Waals surface area contributed by atoms with E-state index in [0.29, 0.717) is 17.0 Å². The number of aliphatic hydroxyl groups excluding tert-OH is 1. The van der Waals surface area contributed by atoms with Crippen LogP contribution in [-0.2, 0) is 5.41 Å². The van der Waals surface area contributed by atoms with Crippen molar-refractivity contribution in [1.29, 1.82) is 0 Å². The quantitative estimate of drug-likeness (QED) is 0.309. The summed E-state index contributed by atoms with van der Waals surface area (Å²) in [5, 5.41) is 12.4. The molecule has 1 aliphatic rings. The Hall–Kier alpha value is -3.68. The average molecular weight is 482 g/mol. The zero-order chi connectivity index (χ0) is 24.2. The Morgan fingerprint density at radius 3 is 2.60 bits per heavy atom. The highest BCUT2D eigenvalue weighted by Gasteiger charge is 2.51. The normalized spacial score (nSPS) is 15.3. The SMILES string of the molecule is COc1cnc2c(-c3nc4c(C(O)C5(c6ccccc6)CC5)cc(C=O)cc4s3)cc(C)cc2n1. The van der Waals surface area contributed by atoms with E-state index >= 15 is 0 Å². The second-order valence-electron chi connectivity index (χ2n) is 9.11. The summed E-state index contributed by atoms with van der Waals surface area (Å²) in [4.78, 5) is 25.9. The average Bonchev–Trinajstić information content (AvgIpc) is 3.59. The van der Waals surface area contributed by atoms with Gasteiger partial charge >= 0.3 is 0 Å². The van der Waals surface area contributed by atoms with Crippen molar-refractivity contribution in [3.05, 3.63) is 83.0 Å². The third-order valence-corrected chi connectivity index (χ3v) is 7.88. The van der Waals surface area contributed by atoms with Gasteiger partial charge in [-0.2, -0.15) is 0 Å². The van der Waals surface area contributed by atoms with E-state index in [-0.39, 0.29) is 5.41 Å². The van der Waals surface area contributed by atoms with Gasteiger partial charge in [-0.1, -0.05) is 30.3 Å². The molecule has 1 aliphatic carbocycles. The number of methoxy groups -OCH3 is 1. The van der Waals surface area contributed by atoms with Crippen LogP contribution in [0.3, 0.4) is 0 Å². The molecule has 1 fully saturated rings. The molecule has 2 heterocycles. The van der Waals surface area contributed by atoms with Crippen LogP contribution < -0.4 is 4.74 Å². The van der Waals surface area contributed by atoms with Gasteiger partial charge in [0.2, 0.25) is 5.88 Å². The molecule has 1 unspecified atom stereocenters. The topological polar surface area (TPSA) is 85.2 Å². The fourth-order valence-corrected chi connectivity index (χ4v) is 5.97. The van der Waals surface area contributed by atoms with Crippen LogP contribution in [0.4, 0.5) is 0 Å². The van der Waals surface area contributed by atoms with Gasteiger partial charge in [-0.3, -0.25) is 4.79 Å². The minimum Gasteiger partial charge on any atom is -0.480 e. The molecule has 0 amide bonds. The number of benzene rings is 3. The molecule has 0 saturated heterocycles. The number of rotatable bonds is 6. The van der Waals surface area contributed by atoms with Gasteiger partial charge in [0.25, 0.3) is 0 Å². The monoisotopic (exact) mass is 481 g/mol. The second-order valence-corrected chi connectivity index (χ2v) is 10.1. The highest BCUT2D eigenvalue weighted by atomic mass is 32.1. The van der Waals surface area contributed by atoms with Crippen molar-refractivity contribution >= 4 is 38.9 Å². The third-order valence-electron chi connectivity index (χ3n) is 6.85. The minimum atomic E-state index is -0.763. The number of fused-ring (bicyclic) bond motifs is 2. The second kappa shape index (κ2) is 8.22. The lowest BCUT2D eigenvalue weighted by molar-refractivity contribution is 0.112. The van der Waals surface area contributed by atoms with Crippen LogP contribution in [0.25, 0.3) is 31.8 Å². The van der Waals surface area contributed by atoms with Gasteiger partial charge in [-0.15, -0.1) is 11.3 Å². The maximum Gasteiger partial charge on any atom is 0.232 e. The predicted molar refractivity (Wildman–Crippen MR) is 137 cm³/mol. The van der Waals surface area contributed by atoms with Crippen LogP contribution >= 0.6 is 11.3 Å². The number of ether oxygens (including phenoxy) is 1. The molecule has 1 saturated carbocycles. The standard InChI is InChI=1S/C28H23N3O3S/c1-16-10-20(24-21(11-16)30-23(34-2)14-29-24)27-31-25-19(12-17(15-32)13-22(25)35-27)26(33)28(8-9-28)18-6-4-3-5-7-18/h3-7,10-15,26,33H,8-9H2,1-2H3. The van der Waals surface area contributed by atoms with Crippen LogP contribution in [-0.4, -0.2) is 33.5 Å². The fraction of sp³-hybridized carbons (Fsp3) is 0.214. The molecule has 0 radical (unpaired) electrons. The summed E-state index contributed by atoms with van der Waals surface area (Å²) in [7, 11) is 1.57. The van der Waals surface area contributed by atoms with Gasteiger partial charge in [-0.05, 0) is 55.2 Å². The molecule has 3 aromatic carbocycles. The van der Waals surface area contributed by atoms with E-state index in [1.807, 2.05) is 43.3 Å². The fourth-order valence-electron chi connectivity index (χ4n) is 4.90. The van der Waals surface area contributed by atoms with E-state index in [2.05, 4.69) is 22.1 Å². The Morgan fingerprint density at radius 1 is 1.09 bits per heavy atom. The molecule has 2 aromatic heterocycles. The highest BCUT2D eigenvalue weighted by molar-refractivity contribution is 7.21. The molecule has 7 heteroatoms. The maximum atomic E-state index is 11.8. The Morgan fingerprint density at radius 2 is 1.89 bits per heavy atom. The molecule has 6 nitrogen and oxygen atoms in total. The number of aliphatic hydroxyl groups is 1. The van der Waals surface area contributed by atoms with Gasteiger partial charge in [0.1, 0.15) is 11.3 Å². The molecule has 0 bridgehead atoms. The molecule has 0 spiro atoms. The predicted octanol–water partition coefficient (Wildman–Crippen LogP) is 5.80. The first kappa shape index (κ1) is 21.8. The first-order valence-electron chi connectivity index (χ1n) is 11.5. The van der Waals surface area contributed by atoms with E-state index in [0.717, 1.165) is 62.1 Å². The summed E-state index contributed by atoms with van der Waals surface area (Å²) in [5.74, 6) is 0.454. The lowest BCUT2D eigenvalue weighted by atomic mass is 9.85. The molecular weight excluding hydrogens is 458 g/mol. The van der Waals surface area contributed by atoms with Gasteiger partial charge < -0.3 is 9.84 Å². The van der Waals surface area contributed by atoms with Crippen molar-refractivity contribution in [3.63, 3.8) is 0 Å². The van der Waals surface area contributed by atoms with Gasteiger partial charge in [0, 0.05) is 22.1 Å². The van der Waals surface area contributed by atoms with E-state index in [1.165, 1.54) is 11.3 Å². The van der Waals surface area contributed by atoms with Gasteiger partial charge in [0.05, 0.1) is 40.7 Å². The lowest BCUT2D eigenvalue weighted by Crippen LogP contribution is -2.19. The third kappa shape index (κ3) is 3.59. The Balaban J connectivity index is 1.53. The molecular formula is C28H23N3O3S. The highest BCUT2D eigenvalue weighted by Crippen LogP contribution is 2.57. The summed E-state index contributed by atoms with van der Waals surface area (Å²) in [6, 6.07) is 17.8. The summed E-state index contributed by atoms with van der Waals surface area (Å²) in [5.41, 5.74) is 6.07. The van der Waals surface area contributed by atoms with Crippen molar-refractivity contribution < 1.29 is 14.6 Å². The number of carbonyl (C=O) groups excluding carboxylic acids is 1. The summed E-state index contributed by atoms with van der Waals surface area (Å²) in [6.45, 7) is 2.01. The molecule has 174 valence electrons. The number of hydrogen-bond acceptors (Lipinski definition) is 7. The summed E-state index contributed by atoms with van der Waals surface area (Å²) < 4.78 is 6.11. The minimum absolute atomic E-state index is 0.350. The number of thiazole rings is 1. The lowest BCUT2D eigenvalue weighted by Gasteiger charge is -2.23. The van der Waals surface area contributed by atoms with Crippen LogP contribution in [0.5, 0.6) is 5.88 Å². The number of aldehydes is 1. The van der Waals surface area contributed by atoms with Crippen molar-refractivity contribution in [1.82, 2.24) is 15.0 Å². The zero-order valence-electron chi connectivity index (χ0n) is 19.4. The summed E-state index contributed by atoms with van der Waals surface area (Å²) in [6.07, 6.45) is 3.45. The number of nitrogens with zero attached hydrogens (tertiary/aromatic N) is 3. The Bertz CT molecular complexity index is 1590. The molecule has 6 rings (SSSR count). The van der Waals surface area contributed by atoms with Crippen molar-refractivity contribution in [2.24, 2.45) is 0 Å². The van der Waals surface area contributed by atoms with E-state index < -0.39 is 6.10 Å². The molecule has 0 aliphatic heterocycles. The van der Waals surface area contributed by atoms with Crippen LogP contribution in [0.15, 0.2) is 60.8 Å². The molecule has 1 atom stereocenters. The first-order chi connectivity index (χ1) is 17.0. The number of aryl methyl sites for hydroxylation is 1. The largest absolute Gasteiger partial charge is 0.480 e. The Labute approximate surface area is 206 Å². The molecule has 5 aromatic rings. The molecule has 35 heavy (non-hydrogen) atoms. The van der Waals surface area contributed by atoms with Gasteiger partial charge in [-0.25, -0.2) is 15.0 Å². The van der Waals surface area contributed by atoms with Gasteiger partial charge in [0.15, 0.2) is 0 Å². The van der Waals surface area contributed by atoms with Crippen molar-refractivity contribution in [3.8, 4) is 16.5 Å². The van der Waals surface area contributed by atoms with Crippen molar-refractivity contribution in [2.45, 2.75) is 31.3 Å². The number of hydrogen-bond donors (Lipinski definition) is 1.